The van der Waals surface area contributed by atoms with Crippen molar-refractivity contribution < 1.29 is 14.4 Å². The molecule has 0 radical (unpaired) electrons. The molecular weight excluding hydrogens is 589 g/mol. The van der Waals surface area contributed by atoms with Crippen LogP contribution in [0.3, 0.4) is 0 Å². The zero-order valence-corrected chi connectivity index (χ0v) is 25.7. The number of carbonyl (C=O) groups is 3. The van der Waals surface area contributed by atoms with Gasteiger partial charge in [-0.3, -0.25) is 14.4 Å². The highest BCUT2D eigenvalue weighted by atomic mass is 32.2. The van der Waals surface area contributed by atoms with Gasteiger partial charge < -0.3 is 16.0 Å². The molecule has 0 saturated heterocycles. The van der Waals surface area contributed by atoms with Gasteiger partial charge in [-0.1, -0.05) is 84.4 Å². The first-order valence-electron chi connectivity index (χ1n) is 13.8. The van der Waals surface area contributed by atoms with Crippen LogP contribution in [0.5, 0.6) is 0 Å². The van der Waals surface area contributed by atoms with E-state index >= 15 is 0 Å². The molecule has 0 saturated carbocycles. The van der Waals surface area contributed by atoms with Gasteiger partial charge in [0.15, 0.2) is 5.13 Å². The van der Waals surface area contributed by atoms with Crippen LogP contribution in [0.15, 0.2) is 125 Å². The highest BCUT2D eigenvalue weighted by Crippen LogP contribution is 2.37. The van der Waals surface area contributed by atoms with Crippen molar-refractivity contribution in [2.45, 2.75) is 24.0 Å². The largest absolute Gasteiger partial charge is 0.321 e. The van der Waals surface area contributed by atoms with E-state index in [-0.39, 0.29) is 11.6 Å². The number of hydrogen-bond donors (Lipinski definition) is 3. The third-order valence-corrected chi connectivity index (χ3v) is 8.54. The number of aryl methyl sites for hydroxylation is 2. The lowest BCUT2D eigenvalue weighted by Gasteiger charge is -2.17. The zero-order valence-electron chi connectivity index (χ0n) is 24.1. The fourth-order valence-electron chi connectivity index (χ4n) is 4.33. The van der Waals surface area contributed by atoms with Gasteiger partial charge in [-0.05, 0) is 61.4 Å². The van der Waals surface area contributed by atoms with Crippen LogP contribution in [0.25, 0.3) is 6.08 Å². The van der Waals surface area contributed by atoms with Crippen molar-refractivity contribution in [1.29, 1.82) is 0 Å². The number of aromatic nitrogens is 1. The van der Waals surface area contributed by atoms with Crippen LogP contribution in [0.2, 0.25) is 0 Å². The minimum Gasteiger partial charge on any atom is -0.321 e. The Morgan fingerprint density at radius 1 is 0.818 bits per heavy atom. The molecule has 5 aromatic rings. The molecule has 0 aliphatic heterocycles. The number of nitrogens with zero attached hydrogens (tertiary/aromatic N) is 1. The van der Waals surface area contributed by atoms with E-state index in [9.17, 15) is 14.4 Å². The second-order valence-electron chi connectivity index (χ2n) is 9.97. The average Bonchev–Trinajstić information content (AvgIpc) is 3.44. The van der Waals surface area contributed by atoms with Crippen LogP contribution >= 0.6 is 23.1 Å². The van der Waals surface area contributed by atoms with E-state index in [1.54, 1.807) is 36.4 Å². The molecule has 1 unspecified atom stereocenters. The molecule has 3 N–H and O–H groups in total. The molecule has 9 heteroatoms. The highest BCUT2D eigenvalue weighted by molar-refractivity contribution is 8.00. The predicted octanol–water partition coefficient (Wildman–Crippen LogP) is 7.64. The Morgan fingerprint density at radius 3 is 2.25 bits per heavy atom. The van der Waals surface area contributed by atoms with Gasteiger partial charge in [0.1, 0.15) is 10.9 Å². The molecular formula is C35H30N4O3S2. The van der Waals surface area contributed by atoms with E-state index in [0.29, 0.717) is 16.4 Å². The topological polar surface area (TPSA) is 100 Å². The summed E-state index contributed by atoms with van der Waals surface area (Å²) in [6.45, 7) is 3.84. The lowest BCUT2D eigenvalue weighted by atomic mass is 10.1. The summed E-state index contributed by atoms with van der Waals surface area (Å²) in [6.07, 6.45) is 1.65. The monoisotopic (exact) mass is 618 g/mol. The first-order valence-corrected chi connectivity index (χ1v) is 15.6. The predicted molar refractivity (Wildman–Crippen MR) is 179 cm³/mol. The van der Waals surface area contributed by atoms with Gasteiger partial charge in [0.25, 0.3) is 11.8 Å². The number of thioether (sulfide) groups is 1. The summed E-state index contributed by atoms with van der Waals surface area (Å²) in [5.41, 5.74) is 4.54. The number of rotatable bonds is 10. The Morgan fingerprint density at radius 2 is 1.55 bits per heavy atom. The molecule has 220 valence electrons. The van der Waals surface area contributed by atoms with Gasteiger partial charge in [0.05, 0.1) is 5.69 Å². The van der Waals surface area contributed by atoms with Gasteiger partial charge in [0.2, 0.25) is 5.91 Å². The van der Waals surface area contributed by atoms with Gasteiger partial charge in [0, 0.05) is 21.5 Å². The van der Waals surface area contributed by atoms with E-state index < -0.39 is 17.1 Å². The minimum absolute atomic E-state index is 0.0998. The first-order chi connectivity index (χ1) is 21.3. The van der Waals surface area contributed by atoms with Crippen LogP contribution < -0.4 is 16.0 Å². The third kappa shape index (κ3) is 8.31. The van der Waals surface area contributed by atoms with Crippen molar-refractivity contribution in [2.24, 2.45) is 0 Å². The van der Waals surface area contributed by atoms with Gasteiger partial charge in [-0.2, -0.15) is 0 Å². The summed E-state index contributed by atoms with van der Waals surface area (Å²) in [5, 5.41) is 10.5. The van der Waals surface area contributed by atoms with Crippen molar-refractivity contribution in [3.05, 3.63) is 148 Å². The molecule has 5 rings (SSSR count). The Labute approximate surface area is 264 Å². The van der Waals surface area contributed by atoms with Crippen molar-refractivity contribution in [3.8, 4) is 0 Å². The Balaban J connectivity index is 1.37. The second-order valence-corrected chi connectivity index (χ2v) is 12.0. The number of thiazole rings is 1. The molecule has 0 aliphatic carbocycles. The number of benzene rings is 4. The van der Waals surface area contributed by atoms with Gasteiger partial charge in [-0.25, -0.2) is 4.98 Å². The molecule has 1 aromatic heterocycles. The van der Waals surface area contributed by atoms with E-state index in [0.717, 1.165) is 27.3 Å². The fourth-order valence-corrected chi connectivity index (χ4v) is 6.11. The number of amides is 3. The van der Waals surface area contributed by atoms with Crippen LogP contribution in [0, 0.1) is 13.8 Å². The molecule has 1 heterocycles. The lowest BCUT2D eigenvalue weighted by Crippen LogP contribution is -2.30. The van der Waals surface area contributed by atoms with Crippen LogP contribution in [-0.2, 0) is 9.59 Å². The van der Waals surface area contributed by atoms with E-state index in [2.05, 4.69) is 20.9 Å². The molecule has 7 nitrogen and oxygen atoms in total. The van der Waals surface area contributed by atoms with Gasteiger partial charge in [-0.15, -0.1) is 23.1 Å². The zero-order chi connectivity index (χ0) is 30.9. The molecule has 3 amide bonds. The van der Waals surface area contributed by atoms with Gasteiger partial charge >= 0.3 is 0 Å². The maximum absolute atomic E-state index is 13.6. The normalized spacial score (nSPS) is 11.8. The first kappa shape index (κ1) is 30.5. The maximum Gasteiger partial charge on any atom is 0.272 e. The van der Waals surface area contributed by atoms with Crippen molar-refractivity contribution in [1.82, 2.24) is 10.3 Å². The number of carbonyl (C=O) groups excluding carboxylic acids is 3. The van der Waals surface area contributed by atoms with Crippen molar-refractivity contribution in [2.75, 3.05) is 10.6 Å². The highest BCUT2D eigenvalue weighted by Gasteiger charge is 2.23. The molecule has 0 fully saturated rings. The molecule has 0 spiro atoms. The summed E-state index contributed by atoms with van der Waals surface area (Å²) < 4.78 is 0. The summed E-state index contributed by atoms with van der Waals surface area (Å²) >= 11 is 2.74. The van der Waals surface area contributed by atoms with E-state index in [1.807, 2.05) is 98.1 Å². The molecule has 0 aliphatic rings. The minimum atomic E-state index is -0.562. The van der Waals surface area contributed by atoms with Crippen LogP contribution in [0.4, 0.5) is 10.8 Å². The lowest BCUT2D eigenvalue weighted by molar-refractivity contribution is -0.116. The third-order valence-electron chi connectivity index (χ3n) is 6.42. The summed E-state index contributed by atoms with van der Waals surface area (Å²) in [7, 11) is 0. The quantitative estimate of drug-likeness (QED) is 0.110. The second kappa shape index (κ2) is 14.5. The molecule has 44 heavy (non-hydrogen) atoms. The molecule has 0 bridgehead atoms. The van der Waals surface area contributed by atoms with Crippen LogP contribution in [0.1, 0.15) is 38.0 Å². The number of anilines is 2. The number of hydrogen-bond acceptors (Lipinski definition) is 6. The number of nitrogens with one attached hydrogen (secondary N) is 3. The summed E-state index contributed by atoms with van der Waals surface area (Å²) in [4.78, 5) is 45.1. The van der Waals surface area contributed by atoms with Crippen molar-refractivity contribution in [3.63, 3.8) is 0 Å². The Hall–Kier alpha value is -4.99. The summed E-state index contributed by atoms with van der Waals surface area (Å²) in [5.74, 6) is -1.07. The van der Waals surface area contributed by atoms with E-state index in [1.165, 1.54) is 23.1 Å². The standard InChI is InChI=1S/C35H30N4O3S2/c1-23-11-9-12-25(19-23)20-30(38-32(40)27-15-7-4-8-16-27)33(41)37-28-17-10-18-29(21-28)44-31(26-13-5-3-6-14-26)34(42)39-35-36-24(2)22-43-35/h3-22,31H,1-2H3,(H,37,41)(H,38,40)(H,36,39,42)/b30-20+. The Bertz CT molecular complexity index is 1800. The maximum atomic E-state index is 13.6. The van der Waals surface area contributed by atoms with Crippen molar-refractivity contribution >= 4 is 57.7 Å². The SMILES string of the molecule is Cc1cccc(/C=C(/NC(=O)c2ccccc2)C(=O)Nc2cccc(SC(C(=O)Nc3nc(C)cs3)c3ccccc3)c2)c1. The van der Waals surface area contributed by atoms with Crippen LogP contribution in [-0.4, -0.2) is 22.7 Å². The molecule has 4 aromatic carbocycles. The smallest absolute Gasteiger partial charge is 0.272 e. The Kier molecular flexibility index (Phi) is 10.0. The molecule has 1 atom stereocenters. The fraction of sp³-hybridized carbons (Fsp3) is 0.0857. The van der Waals surface area contributed by atoms with E-state index in [4.69, 9.17) is 0 Å². The average molecular weight is 619 g/mol. The summed E-state index contributed by atoms with van der Waals surface area (Å²) in [6, 6.07) is 33.2.